The van der Waals surface area contributed by atoms with Crippen LogP contribution in [0.1, 0.15) is 16.1 Å². The van der Waals surface area contributed by atoms with E-state index in [1.165, 1.54) is 10.3 Å². The van der Waals surface area contributed by atoms with E-state index in [0.29, 0.717) is 6.61 Å². The van der Waals surface area contributed by atoms with Gasteiger partial charge in [-0.2, -0.15) is 0 Å². The van der Waals surface area contributed by atoms with Crippen molar-refractivity contribution in [3.63, 3.8) is 0 Å². The molecule has 0 fully saturated rings. The Balaban J connectivity index is 1.41. The Morgan fingerprint density at radius 1 is 0.800 bits per heavy atom. The molecule has 4 aromatic rings. The lowest BCUT2D eigenvalue weighted by Crippen LogP contribution is -1.94. The lowest BCUT2D eigenvalue weighted by molar-refractivity contribution is 0.306. The van der Waals surface area contributed by atoms with E-state index < -0.39 is 0 Å². The van der Waals surface area contributed by atoms with Crippen LogP contribution in [0.4, 0.5) is 0 Å². The molecule has 25 heavy (non-hydrogen) atoms. The Hall–Kier alpha value is -2.91. The van der Waals surface area contributed by atoms with E-state index >= 15 is 0 Å². The summed E-state index contributed by atoms with van der Waals surface area (Å²) in [5, 5.41) is 1.02. The van der Waals surface area contributed by atoms with Gasteiger partial charge in [-0.15, -0.1) is 11.3 Å². The van der Waals surface area contributed by atoms with Crippen molar-refractivity contribution in [1.29, 1.82) is 0 Å². The summed E-state index contributed by atoms with van der Waals surface area (Å²) in [6.45, 7) is 0.585. The van der Waals surface area contributed by atoms with Crippen LogP contribution >= 0.6 is 11.3 Å². The minimum absolute atomic E-state index is 0.585. The van der Waals surface area contributed by atoms with Crippen LogP contribution in [0.2, 0.25) is 0 Å². The van der Waals surface area contributed by atoms with Gasteiger partial charge in [-0.25, -0.2) is 4.98 Å². The maximum Gasteiger partial charge on any atom is 0.119 e. The topological polar surface area (TPSA) is 22.1 Å². The van der Waals surface area contributed by atoms with Gasteiger partial charge in [0.15, 0.2) is 0 Å². The molecule has 0 radical (unpaired) electrons. The second kappa shape index (κ2) is 7.32. The van der Waals surface area contributed by atoms with Crippen LogP contribution in [0.15, 0.2) is 78.9 Å². The molecule has 0 unspecified atom stereocenters. The molecule has 0 spiro atoms. The molecule has 2 nitrogen and oxygen atoms in total. The van der Waals surface area contributed by atoms with Crippen LogP contribution in [-0.2, 0) is 6.61 Å². The minimum atomic E-state index is 0.585. The highest BCUT2D eigenvalue weighted by Gasteiger charge is 2.00. The summed E-state index contributed by atoms with van der Waals surface area (Å²) in [6, 6.07) is 26.5. The fourth-order valence-corrected chi connectivity index (χ4v) is 3.42. The SMILES string of the molecule is C(=C\c1nc2ccccc2s1)/c1ccc(OCc2ccccc2)cc1. The highest BCUT2D eigenvalue weighted by molar-refractivity contribution is 7.19. The van der Waals surface area contributed by atoms with Crippen LogP contribution in [0.3, 0.4) is 0 Å². The van der Waals surface area contributed by atoms with Gasteiger partial charge in [-0.1, -0.05) is 60.7 Å². The van der Waals surface area contributed by atoms with Crippen molar-refractivity contribution < 1.29 is 4.74 Å². The Labute approximate surface area is 151 Å². The number of hydrogen-bond donors (Lipinski definition) is 0. The molecule has 4 rings (SSSR count). The molecule has 0 saturated carbocycles. The predicted molar refractivity (Wildman–Crippen MR) is 106 cm³/mol. The molecule has 0 aliphatic carbocycles. The third-order valence-corrected chi connectivity index (χ3v) is 4.86. The van der Waals surface area contributed by atoms with Gasteiger partial charge in [0.1, 0.15) is 17.4 Å². The number of fused-ring (bicyclic) bond motifs is 1. The number of benzene rings is 3. The van der Waals surface area contributed by atoms with Gasteiger partial charge in [0.2, 0.25) is 0 Å². The fraction of sp³-hybridized carbons (Fsp3) is 0.0455. The van der Waals surface area contributed by atoms with Crippen molar-refractivity contribution in [1.82, 2.24) is 4.98 Å². The first-order valence-corrected chi connectivity index (χ1v) is 8.99. The molecule has 0 aliphatic heterocycles. The third kappa shape index (κ3) is 3.95. The zero-order valence-corrected chi connectivity index (χ0v) is 14.4. The maximum atomic E-state index is 5.82. The largest absolute Gasteiger partial charge is 0.489 e. The lowest BCUT2D eigenvalue weighted by Gasteiger charge is -2.06. The molecule has 3 heteroatoms. The number of aromatic nitrogens is 1. The van der Waals surface area contributed by atoms with E-state index in [4.69, 9.17) is 4.74 Å². The monoisotopic (exact) mass is 343 g/mol. The van der Waals surface area contributed by atoms with Crippen LogP contribution in [0.25, 0.3) is 22.4 Å². The van der Waals surface area contributed by atoms with Crippen molar-refractivity contribution in [3.05, 3.63) is 95.0 Å². The summed E-state index contributed by atoms with van der Waals surface area (Å²) in [5.74, 6) is 0.876. The second-order valence-corrected chi connectivity index (χ2v) is 6.76. The molecular weight excluding hydrogens is 326 g/mol. The fourth-order valence-electron chi connectivity index (χ4n) is 2.54. The van der Waals surface area contributed by atoms with Crippen molar-refractivity contribution in [2.24, 2.45) is 0 Å². The summed E-state index contributed by atoms with van der Waals surface area (Å²) in [6.07, 6.45) is 4.14. The number of nitrogens with zero attached hydrogens (tertiary/aromatic N) is 1. The quantitative estimate of drug-likeness (QED) is 0.440. The Morgan fingerprint density at radius 3 is 2.36 bits per heavy atom. The zero-order chi connectivity index (χ0) is 16.9. The number of ether oxygens (including phenoxy) is 1. The molecule has 0 atom stereocenters. The summed E-state index contributed by atoms with van der Waals surface area (Å²) >= 11 is 1.70. The Kier molecular flexibility index (Phi) is 4.57. The normalized spacial score (nSPS) is 11.2. The van der Waals surface area contributed by atoms with Crippen LogP contribution in [-0.4, -0.2) is 4.98 Å². The average Bonchev–Trinajstić information content (AvgIpc) is 3.09. The van der Waals surface area contributed by atoms with Crippen molar-refractivity contribution in [2.45, 2.75) is 6.61 Å². The number of hydrogen-bond acceptors (Lipinski definition) is 3. The first-order valence-electron chi connectivity index (χ1n) is 8.17. The standard InChI is InChI=1S/C22H17NOS/c1-2-6-18(7-3-1)16-24-19-13-10-17(11-14-19)12-15-22-23-20-8-4-5-9-21(20)25-22/h1-15H,16H2/b15-12+. The predicted octanol–water partition coefficient (Wildman–Crippen LogP) is 6.05. The van der Waals surface area contributed by atoms with E-state index in [-0.39, 0.29) is 0 Å². The van der Waals surface area contributed by atoms with E-state index in [9.17, 15) is 0 Å². The highest BCUT2D eigenvalue weighted by Crippen LogP contribution is 2.23. The van der Waals surface area contributed by atoms with Gasteiger partial charge in [-0.05, 0) is 41.5 Å². The minimum Gasteiger partial charge on any atom is -0.489 e. The first kappa shape index (κ1) is 15.6. The molecule has 0 amide bonds. The van der Waals surface area contributed by atoms with Crippen LogP contribution < -0.4 is 4.74 Å². The number of rotatable bonds is 5. The molecule has 0 bridgehead atoms. The second-order valence-electron chi connectivity index (χ2n) is 5.70. The van der Waals surface area contributed by atoms with E-state index in [1.807, 2.05) is 48.5 Å². The van der Waals surface area contributed by atoms with Gasteiger partial charge in [0, 0.05) is 0 Å². The molecule has 122 valence electrons. The molecule has 1 aromatic heterocycles. The smallest absolute Gasteiger partial charge is 0.119 e. The summed E-state index contributed by atoms with van der Waals surface area (Å²) in [7, 11) is 0. The van der Waals surface area contributed by atoms with Gasteiger partial charge in [0.05, 0.1) is 10.2 Å². The van der Waals surface area contributed by atoms with Gasteiger partial charge in [-0.3, -0.25) is 0 Å². The molecule has 0 N–H and O–H groups in total. The molecule has 0 saturated heterocycles. The van der Waals surface area contributed by atoms with Gasteiger partial charge >= 0.3 is 0 Å². The maximum absolute atomic E-state index is 5.82. The summed E-state index contributed by atoms with van der Waals surface area (Å²) in [4.78, 5) is 4.62. The third-order valence-electron chi connectivity index (χ3n) is 3.86. The van der Waals surface area contributed by atoms with Crippen molar-refractivity contribution in [3.8, 4) is 5.75 Å². The summed E-state index contributed by atoms with van der Waals surface area (Å²) < 4.78 is 7.03. The lowest BCUT2D eigenvalue weighted by atomic mass is 10.2. The van der Waals surface area contributed by atoms with E-state index in [1.54, 1.807) is 11.3 Å². The average molecular weight is 343 g/mol. The van der Waals surface area contributed by atoms with E-state index in [2.05, 4.69) is 47.5 Å². The van der Waals surface area contributed by atoms with Crippen LogP contribution in [0.5, 0.6) is 5.75 Å². The molecular formula is C22H17NOS. The number of thiazole rings is 1. The molecule has 0 aliphatic rings. The zero-order valence-electron chi connectivity index (χ0n) is 13.6. The van der Waals surface area contributed by atoms with Crippen LogP contribution in [0, 0.1) is 0 Å². The Morgan fingerprint density at radius 2 is 1.56 bits per heavy atom. The number of para-hydroxylation sites is 1. The van der Waals surface area contributed by atoms with Gasteiger partial charge < -0.3 is 4.74 Å². The van der Waals surface area contributed by atoms with Crippen molar-refractivity contribution >= 4 is 33.7 Å². The van der Waals surface area contributed by atoms with Gasteiger partial charge in [0.25, 0.3) is 0 Å². The van der Waals surface area contributed by atoms with Crippen molar-refractivity contribution in [2.75, 3.05) is 0 Å². The molecule has 1 heterocycles. The van der Waals surface area contributed by atoms with E-state index in [0.717, 1.165) is 21.8 Å². The first-order chi connectivity index (χ1) is 12.4. The molecule has 3 aromatic carbocycles. The summed E-state index contributed by atoms with van der Waals surface area (Å²) in [5.41, 5.74) is 3.35. The Bertz CT molecular complexity index is 954. The highest BCUT2D eigenvalue weighted by atomic mass is 32.1.